The minimum atomic E-state index is -0.552. The largest absolute Gasteiger partial charge is 0.348 e. The van der Waals surface area contributed by atoms with E-state index in [1.54, 1.807) is 30.3 Å². The van der Waals surface area contributed by atoms with Crippen LogP contribution in [0.15, 0.2) is 30.3 Å². The van der Waals surface area contributed by atoms with Crippen molar-refractivity contribution in [2.75, 3.05) is 25.4 Å². The van der Waals surface area contributed by atoms with E-state index in [4.69, 9.17) is 0 Å². The number of hydrogen-bond acceptors (Lipinski definition) is 6. The molecule has 24 heavy (non-hydrogen) atoms. The molecule has 0 aromatic heterocycles. The first kappa shape index (κ1) is 19.4. The molecule has 3 N–H and O–H groups in total. The highest BCUT2D eigenvalue weighted by Crippen LogP contribution is 2.11. The van der Waals surface area contributed by atoms with Gasteiger partial charge in [0.2, 0.25) is 22.8 Å². The van der Waals surface area contributed by atoms with Crippen LogP contribution in [0.5, 0.6) is 0 Å². The van der Waals surface area contributed by atoms with Gasteiger partial charge in [0.15, 0.2) is 0 Å². The Morgan fingerprint density at radius 1 is 0.875 bits per heavy atom. The molecule has 9 heteroatoms. The number of carbonyl (C=O) groups is 5. The fourth-order valence-corrected chi connectivity index (χ4v) is 2.14. The van der Waals surface area contributed by atoms with Crippen LogP contribution in [0, 0.1) is 0 Å². The molecule has 1 rings (SSSR count). The van der Waals surface area contributed by atoms with E-state index in [1.165, 1.54) is 0 Å². The second-order valence-corrected chi connectivity index (χ2v) is 5.41. The van der Waals surface area contributed by atoms with Crippen molar-refractivity contribution < 1.29 is 24.0 Å². The molecule has 0 unspecified atom stereocenters. The Morgan fingerprint density at radius 2 is 1.46 bits per heavy atom. The molecule has 3 amide bonds. The van der Waals surface area contributed by atoms with Crippen molar-refractivity contribution in [3.63, 3.8) is 0 Å². The van der Waals surface area contributed by atoms with Gasteiger partial charge in [0.05, 0.1) is 25.4 Å². The van der Waals surface area contributed by atoms with Crippen LogP contribution in [-0.2, 0) is 19.2 Å². The molecular formula is C15H17N3O5S. The zero-order valence-corrected chi connectivity index (χ0v) is 13.6. The SMILES string of the molecule is O=CCNC(=O)CNC(=O)CNC(=O)CSC(=O)c1ccccc1. The fraction of sp³-hybridized carbons (Fsp3) is 0.267. The number of thioether (sulfide) groups is 1. The molecule has 0 aliphatic heterocycles. The Bertz CT molecular complexity index is 606. The maximum Gasteiger partial charge on any atom is 0.239 e. The van der Waals surface area contributed by atoms with Gasteiger partial charge in [0.25, 0.3) is 0 Å². The van der Waals surface area contributed by atoms with Crippen molar-refractivity contribution >= 4 is 40.9 Å². The minimum absolute atomic E-state index is 0.110. The highest BCUT2D eigenvalue weighted by molar-refractivity contribution is 8.14. The maximum absolute atomic E-state index is 11.8. The van der Waals surface area contributed by atoms with Crippen molar-refractivity contribution in [1.29, 1.82) is 0 Å². The molecule has 0 aliphatic rings. The van der Waals surface area contributed by atoms with E-state index in [0.29, 0.717) is 11.8 Å². The van der Waals surface area contributed by atoms with Crippen molar-refractivity contribution in [1.82, 2.24) is 16.0 Å². The normalized spacial score (nSPS) is 9.67. The molecule has 128 valence electrons. The summed E-state index contributed by atoms with van der Waals surface area (Å²) in [6.07, 6.45) is 0.522. The number of amides is 3. The van der Waals surface area contributed by atoms with Gasteiger partial charge in [-0.05, 0) is 0 Å². The van der Waals surface area contributed by atoms with Gasteiger partial charge in [0.1, 0.15) is 6.29 Å². The molecule has 0 bridgehead atoms. The summed E-state index contributed by atoms with van der Waals surface area (Å²) < 4.78 is 0. The summed E-state index contributed by atoms with van der Waals surface area (Å²) in [4.78, 5) is 56.0. The van der Waals surface area contributed by atoms with Crippen LogP contribution >= 0.6 is 11.8 Å². The third-order valence-electron chi connectivity index (χ3n) is 2.62. The van der Waals surface area contributed by atoms with Crippen LogP contribution in [0.1, 0.15) is 10.4 Å². The number of rotatable bonds is 9. The molecule has 8 nitrogen and oxygen atoms in total. The Kier molecular flexibility index (Phi) is 8.84. The molecule has 0 saturated heterocycles. The third kappa shape index (κ3) is 8.08. The Labute approximate surface area is 142 Å². The van der Waals surface area contributed by atoms with E-state index in [0.717, 1.165) is 11.8 Å². The summed E-state index contributed by atoms with van der Waals surface area (Å²) in [5.74, 6) is -1.64. The molecule has 0 atom stereocenters. The van der Waals surface area contributed by atoms with Crippen LogP contribution < -0.4 is 16.0 Å². The van der Waals surface area contributed by atoms with Crippen LogP contribution in [0.3, 0.4) is 0 Å². The number of aldehydes is 1. The van der Waals surface area contributed by atoms with Crippen molar-refractivity contribution in [3.8, 4) is 0 Å². The van der Waals surface area contributed by atoms with E-state index in [2.05, 4.69) is 16.0 Å². The van der Waals surface area contributed by atoms with Crippen LogP contribution in [-0.4, -0.2) is 54.5 Å². The fourth-order valence-electron chi connectivity index (χ4n) is 1.48. The zero-order chi connectivity index (χ0) is 17.8. The second kappa shape index (κ2) is 10.9. The average Bonchev–Trinajstić information content (AvgIpc) is 2.61. The molecule has 0 aliphatic carbocycles. The predicted octanol–water partition coefficient (Wildman–Crippen LogP) is -0.892. The van der Waals surface area contributed by atoms with Crippen LogP contribution in [0.4, 0.5) is 0 Å². The Balaban J connectivity index is 2.19. The quantitative estimate of drug-likeness (QED) is 0.496. The number of hydrogen-bond donors (Lipinski definition) is 3. The Hall–Kier alpha value is -2.68. The lowest BCUT2D eigenvalue weighted by Crippen LogP contribution is -2.42. The summed E-state index contributed by atoms with van der Waals surface area (Å²) in [5.41, 5.74) is 0.495. The summed E-state index contributed by atoms with van der Waals surface area (Å²) in [7, 11) is 0. The molecule has 0 radical (unpaired) electrons. The number of nitrogens with one attached hydrogen (secondary N) is 3. The highest BCUT2D eigenvalue weighted by atomic mass is 32.2. The highest BCUT2D eigenvalue weighted by Gasteiger charge is 2.11. The van der Waals surface area contributed by atoms with Crippen molar-refractivity contribution in [2.24, 2.45) is 0 Å². The monoisotopic (exact) mass is 351 g/mol. The second-order valence-electron chi connectivity index (χ2n) is 4.47. The lowest BCUT2D eigenvalue weighted by atomic mass is 10.2. The molecule has 0 spiro atoms. The van der Waals surface area contributed by atoms with Gasteiger partial charge < -0.3 is 20.7 Å². The van der Waals surface area contributed by atoms with E-state index in [-0.39, 0.29) is 30.5 Å². The predicted molar refractivity (Wildman–Crippen MR) is 88.3 cm³/mol. The van der Waals surface area contributed by atoms with E-state index in [1.807, 2.05) is 0 Å². The average molecular weight is 351 g/mol. The first-order valence-corrected chi connectivity index (χ1v) is 7.97. The molecule has 1 aromatic carbocycles. The summed E-state index contributed by atoms with van der Waals surface area (Å²) in [5, 5.41) is 6.64. The van der Waals surface area contributed by atoms with Gasteiger partial charge in [-0.2, -0.15) is 0 Å². The van der Waals surface area contributed by atoms with Crippen molar-refractivity contribution in [2.45, 2.75) is 0 Å². The first-order chi connectivity index (χ1) is 11.5. The van der Waals surface area contributed by atoms with E-state index in [9.17, 15) is 24.0 Å². The number of benzene rings is 1. The third-order valence-corrected chi connectivity index (χ3v) is 3.52. The van der Waals surface area contributed by atoms with Gasteiger partial charge in [-0.1, -0.05) is 42.1 Å². The lowest BCUT2D eigenvalue weighted by molar-refractivity contribution is -0.127. The van der Waals surface area contributed by atoms with E-state index < -0.39 is 17.7 Å². The smallest absolute Gasteiger partial charge is 0.239 e. The standard InChI is InChI=1S/C15H17N3O5S/c19-7-6-16-12(20)8-17-13(21)9-18-14(22)10-24-15(23)11-4-2-1-3-5-11/h1-5,7H,6,8-10H2,(H,16,20)(H,17,21)(H,18,22). The van der Waals surface area contributed by atoms with Crippen molar-refractivity contribution in [3.05, 3.63) is 35.9 Å². The summed E-state index contributed by atoms with van der Waals surface area (Å²) >= 11 is 0.837. The molecular weight excluding hydrogens is 334 g/mol. The molecule has 0 heterocycles. The summed E-state index contributed by atoms with van der Waals surface area (Å²) in [6, 6.07) is 8.53. The molecule has 0 saturated carbocycles. The summed E-state index contributed by atoms with van der Waals surface area (Å²) in [6.45, 7) is -0.720. The van der Waals surface area contributed by atoms with Crippen LogP contribution in [0.2, 0.25) is 0 Å². The number of carbonyl (C=O) groups excluding carboxylic acids is 5. The minimum Gasteiger partial charge on any atom is -0.348 e. The van der Waals surface area contributed by atoms with Crippen LogP contribution in [0.25, 0.3) is 0 Å². The topological polar surface area (TPSA) is 121 Å². The van der Waals surface area contributed by atoms with Gasteiger partial charge in [-0.3, -0.25) is 19.2 Å². The van der Waals surface area contributed by atoms with Gasteiger partial charge in [0, 0.05) is 5.56 Å². The zero-order valence-electron chi connectivity index (χ0n) is 12.7. The maximum atomic E-state index is 11.8. The first-order valence-electron chi connectivity index (χ1n) is 6.99. The van der Waals surface area contributed by atoms with E-state index >= 15 is 0 Å². The molecule has 1 aromatic rings. The molecule has 0 fully saturated rings. The van der Waals surface area contributed by atoms with Gasteiger partial charge >= 0.3 is 0 Å². The lowest BCUT2D eigenvalue weighted by Gasteiger charge is -2.06. The van der Waals surface area contributed by atoms with Gasteiger partial charge in [-0.15, -0.1) is 0 Å². The van der Waals surface area contributed by atoms with Gasteiger partial charge in [-0.25, -0.2) is 0 Å². The Morgan fingerprint density at radius 3 is 2.08 bits per heavy atom.